The predicted molar refractivity (Wildman–Crippen MR) is 250 cm³/mol. The van der Waals surface area contributed by atoms with E-state index in [1.165, 1.54) is 12.1 Å². The Kier molecular flexibility index (Phi) is 15.0. The zero-order valence-electron chi connectivity index (χ0n) is 37.1. The summed E-state index contributed by atoms with van der Waals surface area (Å²) in [5.41, 5.74) is 4.26. The average molecular weight is 973 g/mol. The molecule has 68 heavy (non-hydrogen) atoms. The lowest BCUT2D eigenvalue weighted by Gasteiger charge is -2.48. The third-order valence-corrected chi connectivity index (χ3v) is 14.0. The Hall–Kier alpha value is -6.60. The number of benzene rings is 6. The highest BCUT2D eigenvalue weighted by Gasteiger charge is 2.42. The standard InChI is InChI=1S/C26H26F2N2O4S.C24H22F2N2O4S/c1-3-34-26(31)20-11-9-19(10-12-20)25(18-7-5-4-6-8-18)29-16-24(17-29)30(35(2,32)33)23-14-21(27)13-22(28)15-23;1-33(31,32)28(21-12-19(25)11-20(26)13-21)22-14-27(15-22)23(16-5-3-2-4-6-16)17-7-9-18(10-8-17)24(29)30/h4-15,24-25H,3,16-17H2,1-2H3;2-13,22-23H,14-15H2,1H3,(H,29,30)/t25-;23-/m00/s1. The fourth-order valence-electron chi connectivity index (χ4n) is 8.70. The Balaban J connectivity index is 0.000000202. The molecule has 2 fully saturated rings. The normalized spacial score (nSPS) is 15.5. The lowest BCUT2D eigenvalue weighted by molar-refractivity contribution is 0.0525. The molecule has 0 spiro atoms. The first-order chi connectivity index (χ1) is 32.3. The number of esters is 1. The van der Waals surface area contributed by atoms with Gasteiger partial charge in [0.15, 0.2) is 0 Å². The molecule has 2 aliphatic rings. The van der Waals surface area contributed by atoms with Crippen molar-refractivity contribution >= 4 is 43.4 Å². The summed E-state index contributed by atoms with van der Waals surface area (Å²) in [5, 5.41) is 9.19. The molecule has 0 radical (unpaired) electrons. The van der Waals surface area contributed by atoms with Gasteiger partial charge in [0.25, 0.3) is 0 Å². The summed E-state index contributed by atoms with van der Waals surface area (Å²) in [5.74, 6) is -4.80. The van der Waals surface area contributed by atoms with E-state index in [0.29, 0.717) is 43.9 Å². The van der Waals surface area contributed by atoms with Gasteiger partial charge in [-0.05, 0) is 77.7 Å². The predicted octanol–water partition coefficient (Wildman–Crippen LogP) is 8.28. The largest absolute Gasteiger partial charge is 0.478 e. The van der Waals surface area contributed by atoms with Crippen LogP contribution in [0.1, 0.15) is 62.0 Å². The van der Waals surface area contributed by atoms with Gasteiger partial charge in [-0.2, -0.15) is 0 Å². The van der Waals surface area contributed by atoms with Crippen LogP contribution >= 0.6 is 0 Å². The quantitative estimate of drug-likeness (QED) is 0.0789. The topological polar surface area (TPSA) is 145 Å². The minimum Gasteiger partial charge on any atom is -0.478 e. The Morgan fingerprint density at radius 1 is 0.559 bits per heavy atom. The van der Waals surface area contributed by atoms with Gasteiger partial charge in [-0.1, -0.05) is 84.9 Å². The van der Waals surface area contributed by atoms with Crippen LogP contribution in [0.5, 0.6) is 0 Å². The number of carbonyl (C=O) groups is 2. The lowest BCUT2D eigenvalue weighted by Crippen LogP contribution is -2.61. The molecular formula is C50H48F4N4O8S2. The van der Waals surface area contributed by atoms with Gasteiger partial charge in [-0.25, -0.2) is 44.0 Å². The molecule has 2 heterocycles. The molecule has 0 aliphatic carbocycles. The molecule has 0 saturated carbocycles. The van der Waals surface area contributed by atoms with Crippen molar-refractivity contribution < 1.29 is 53.8 Å². The number of anilines is 2. The van der Waals surface area contributed by atoms with Crippen molar-refractivity contribution in [2.45, 2.75) is 31.1 Å². The highest BCUT2D eigenvalue weighted by Crippen LogP contribution is 2.38. The molecule has 2 aliphatic heterocycles. The summed E-state index contributed by atoms with van der Waals surface area (Å²) in [6.45, 7) is 3.39. The van der Waals surface area contributed by atoms with Gasteiger partial charge in [0.2, 0.25) is 20.0 Å². The monoisotopic (exact) mass is 972 g/mol. The number of nitrogens with zero attached hydrogens (tertiary/aromatic N) is 4. The van der Waals surface area contributed by atoms with E-state index in [1.807, 2.05) is 77.7 Å². The number of carboxylic acid groups (broad SMARTS) is 1. The van der Waals surface area contributed by atoms with Crippen LogP contribution in [0, 0.1) is 23.3 Å². The van der Waals surface area contributed by atoms with Gasteiger partial charge < -0.3 is 9.84 Å². The van der Waals surface area contributed by atoms with Crippen LogP contribution in [0.3, 0.4) is 0 Å². The number of ether oxygens (including phenoxy) is 1. The zero-order valence-corrected chi connectivity index (χ0v) is 38.8. The molecule has 356 valence electrons. The Labute approximate surface area is 392 Å². The number of sulfonamides is 2. The van der Waals surface area contributed by atoms with E-state index in [2.05, 4.69) is 4.90 Å². The number of aromatic carboxylic acids is 1. The van der Waals surface area contributed by atoms with E-state index in [4.69, 9.17) is 4.74 Å². The summed E-state index contributed by atoms with van der Waals surface area (Å²) < 4.78 is 113. The fraction of sp³-hybridized carbons (Fsp3) is 0.240. The van der Waals surface area contributed by atoms with Gasteiger partial charge in [0, 0.05) is 38.3 Å². The first-order valence-electron chi connectivity index (χ1n) is 21.4. The second-order valence-electron chi connectivity index (χ2n) is 16.5. The Morgan fingerprint density at radius 3 is 1.19 bits per heavy atom. The molecule has 6 aromatic rings. The fourth-order valence-corrected chi connectivity index (χ4v) is 11.0. The van der Waals surface area contributed by atoms with Gasteiger partial charge in [0.1, 0.15) is 23.3 Å². The van der Waals surface area contributed by atoms with E-state index < -0.39 is 67.3 Å². The van der Waals surface area contributed by atoms with E-state index in [-0.39, 0.29) is 35.6 Å². The van der Waals surface area contributed by atoms with Gasteiger partial charge >= 0.3 is 11.9 Å². The van der Waals surface area contributed by atoms with Gasteiger partial charge in [0.05, 0.1) is 65.8 Å². The minimum absolute atomic E-state index is 0.0373. The Bertz CT molecular complexity index is 2920. The highest BCUT2D eigenvalue weighted by atomic mass is 32.2. The van der Waals surface area contributed by atoms with Crippen LogP contribution in [0.15, 0.2) is 146 Å². The molecule has 1 N–H and O–H groups in total. The highest BCUT2D eigenvalue weighted by molar-refractivity contribution is 7.92. The molecule has 0 unspecified atom stereocenters. The maximum atomic E-state index is 13.8. The summed E-state index contributed by atoms with van der Waals surface area (Å²) in [6.07, 6.45) is 2.04. The van der Waals surface area contributed by atoms with Crippen molar-refractivity contribution in [3.63, 3.8) is 0 Å². The van der Waals surface area contributed by atoms with Gasteiger partial charge in [-0.3, -0.25) is 18.4 Å². The van der Waals surface area contributed by atoms with Crippen molar-refractivity contribution in [3.8, 4) is 0 Å². The molecule has 8 rings (SSSR count). The SMILES string of the molecule is CCOC(=O)c1ccc([C@H](c2ccccc2)N2CC(N(c3cc(F)cc(F)c3)S(C)(=O)=O)C2)cc1.CS(=O)(=O)N(c1cc(F)cc(F)c1)C1CN([C@@H](c2ccccc2)c2ccc(C(=O)O)cc2)C1. The van der Waals surface area contributed by atoms with Crippen LogP contribution in [0.2, 0.25) is 0 Å². The van der Waals surface area contributed by atoms with Crippen molar-refractivity contribution in [1.82, 2.24) is 9.80 Å². The average Bonchev–Trinajstić information content (AvgIpc) is 3.24. The van der Waals surface area contributed by atoms with Crippen molar-refractivity contribution in [2.75, 3.05) is 53.9 Å². The van der Waals surface area contributed by atoms with Crippen LogP contribution in [0.4, 0.5) is 28.9 Å². The minimum atomic E-state index is -3.80. The van der Waals surface area contributed by atoms with Crippen LogP contribution in [0.25, 0.3) is 0 Å². The molecule has 2 saturated heterocycles. The first-order valence-corrected chi connectivity index (χ1v) is 25.1. The van der Waals surface area contributed by atoms with Gasteiger partial charge in [-0.15, -0.1) is 0 Å². The number of carbonyl (C=O) groups excluding carboxylic acids is 1. The summed E-state index contributed by atoms with van der Waals surface area (Å²) >= 11 is 0. The van der Waals surface area contributed by atoms with E-state index >= 15 is 0 Å². The number of hydrogen-bond donors (Lipinski definition) is 1. The molecule has 18 heteroatoms. The van der Waals surface area contributed by atoms with Crippen molar-refractivity contribution in [1.29, 1.82) is 0 Å². The smallest absolute Gasteiger partial charge is 0.338 e. The first kappa shape index (κ1) is 49.3. The van der Waals surface area contributed by atoms with E-state index in [1.54, 1.807) is 31.2 Å². The number of rotatable bonds is 15. The third-order valence-electron chi connectivity index (χ3n) is 11.5. The lowest BCUT2D eigenvalue weighted by atomic mass is 9.92. The molecular weight excluding hydrogens is 925 g/mol. The van der Waals surface area contributed by atoms with Crippen LogP contribution < -0.4 is 8.61 Å². The summed E-state index contributed by atoms with van der Waals surface area (Å²) in [4.78, 5) is 27.4. The molecule has 2 atom stereocenters. The number of hydrogen-bond acceptors (Lipinski definition) is 9. The molecule has 0 bridgehead atoms. The molecule has 12 nitrogen and oxygen atoms in total. The molecule has 0 amide bonds. The maximum absolute atomic E-state index is 13.8. The third kappa shape index (κ3) is 11.6. The van der Waals surface area contributed by atoms with E-state index in [0.717, 1.165) is 67.6 Å². The zero-order chi connectivity index (χ0) is 48.9. The number of carboxylic acids is 1. The summed E-state index contributed by atoms with van der Waals surface area (Å²) in [6, 6.07) is 37.0. The van der Waals surface area contributed by atoms with Crippen molar-refractivity contribution in [2.24, 2.45) is 0 Å². The molecule has 6 aromatic carbocycles. The summed E-state index contributed by atoms with van der Waals surface area (Å²) in [7, 11) is -7.59. The van der Waals surface area contributed by atoms with Crippen LogP contribution in [-0.2, 0) is 24.8 Å². The van der Waals surface area contributed by atoms with E-state index in [9.17, 15) is 49.1 Å². The number of likely N-dealkylation sites (tertiary alicyclic amines) is 2. The number of halogens is 4. The van der Waals surface area contributed by atoms with Crippen molar-refractivity contribution in [3.05, 3.63) is 202 Å². The second-order valence-corrected chi connectivity index (χ2v) is 20.2. The Morgan fingerprint density at radius 2 is 0.882 bits per heavy atom. The maximum Gasteiger partial charge on any atom is 0.338 e. The van der Waals surface area contributed by atoms with Crippen LogP contribution in [-0.4, -0.2) is 101 Å². The second kappa shape index (κ2) is 20.7. The molecule has 0 aromatic heterocycles.